The second-order valence-corrected chi connectivity index (χ2v) is 4.92. The molecule has 0 spiro atoms. The largest absolute Gasteiger partial charge is 0.476 e. The average Bonchev–Trinajstić information content (AvgIpc) is 3.01. The third kappa shape index (κ3) is 3.18. The lowest BCUT2D eigenvalue weighted by Gasteiger charge is -2.04. The highest BCUT2D eigenvalue weighted by Gasteiger charge is 2.13. The van der Waals surface area contributed by atoms with Crippen LogP contribution in [0.25, 0.3) is 16.8 Å². The Bertz CT molecular complexity index is 708. The Morgan fingerprint density at radius 3 is 2.32 bits per heavy atom. The molecule has 1 N–H and O–H groups in total. The first-order valence-electron chi connectivity index (χ1n) is 7.32. The van der Waals surface area contributed by atoms with E-state index >= 15 is 0 Å². The molecule has 0 aliphatic carbocycles. The molecule has 0 saturated heterocycles. The van der Waals surface area contributed by atoms with Crippen LogP contribution in [0, 0.1) is 0 Å². The molecule has 0 bridgehead atoms. The summed E-state index contributed by atoms with van der Waals surface area (Å²) in [5.41, 5.74) is 2.99. The van der Waals surface area contributed by atoms with Crippen LogP contribution in [-0.2, 0) is 0 Å². The fourth-order valence-corrected chi connectivity index (χ4v) is 2.23. The minimum atomic E-state index is 0.111. The van der Waals surface area contributed by atoms with Gasteiger partial charge in [0.25, 0.3) is 0 Å². The summed E-state index contributed by atoms with van der Waals surface area (Å²) in [6.45, 7) is 0.558. The predicted molar refractivity (Wildman–Crippen MR) is 86.2 cm³/mol. The van der Waals surface area contributed by atoms with Crippen molar-refractivity contribution in [1.29, 1.82) is 0 Å². The van der Waals surface area contributed by atoms with E-state index in [9.17, 15) is 0 Å². The number of ether oxygens (including phenoxy) is 1. The van der Waals surface area contributed by atoms with Crippen LogP contribution >= 0.6 is 0 Å². The lowest BCUT2D eigenvalue weighted by Crippen LogP contribution is -2.02. The SMILES string of the molecule is OCCCOc1nn(-c2ccccc2)cc1-c1ccccc1. The number of hydrogen-bond acceptors (Lipinski definition) is 3. The third-order valence-electron chi connectivity index (χ3n) is 3.33. The summed E-state index contributed by atoms with van der Waals surface area (Å²) in [5, 5.41) is 13.4. The number of aliphatic hydroxyl groups excluding tert-OH is 1. The Morgan fingerprint density at radius 1 is 0.955 bits per heavy atom. The van der Waals surface area contributed by atoms with Crippen molar-refractivity contribution in [3.8, 4) is 22.7 Å². The Labute approximate surface area is 129 Å². The maximum Gasteiger partial charge on any atom is 0.241 e. The van der Waals surface area contributed by atoms with E-state index in [0.29, 0.717) is 18.9 Å². The van der Waals surface area contributed by atoms with E-state index in [1.807, 2.05) is 71.5 Å². The third-order valence-corrected chi connectivity index (χ3v) is 3.33. The van der Waals surface area contributed by atoms with E-state index in [-0.39, 0.29) is 6.61 Å². The van der Waals surface area contributed by atoms with Gasteiger partial charge in [0, 0.05) is 19.2 Å². The Morgan fingerprint density at radius 2 is 1.64 bits per heavy atom. The fraction of sp³-hybridized carbons (Fsp3) is 0.167. The van der Waals surface area contributed by atoms with Crippen LogP contribution < -0.4 is 4.74 Å². The van der Waals surface area contributed by atoms with Crippen LogP contribution in [0.4, 0.5) is 0 Å². The van der Waals surface area contributed by atoms with Crippen LogP contribution in [0.3, 0.4) is 0 Å². The quantitative estimate of drug-likeness (QED) is 0.710. The fourth-order valence-electron chi connectivity index (χ4n) is 2.23. The lowest BCUT2D eigenvalue weighted by molar-refractivity contribution is 0.229. The summed E-state index contributed by atoms with van der Waals surface area (Å²) in [6.07, 6.45) is 2.56. The van der Waals surface area contributed by atoms with Gasteiger partial charge in [0.1, 0.15) is 0 Å². The minimum Gasteiger partial charge on any atom is -0.476 e. The summed E-state index contributed by atoms with van der Waals surface area (Å²) >= 11 is 0. The molecule has 0 radical (unpaired) electrons. The smallest absolute Gasteiger partial charge is 0.241 e. The van der Waals surface area contributed by atoms with Gasteiger partial charge in [0.05, 0.1) is 17.9 Å². The van der Waals surface area contributed by atoms with Crippen LogP contribution in [0.15, 0.2) is 66.9 Å². The van der Waals surface area contributed by atoms with E-state index < -0.39 is 0 Å². The summed E-state index contributed by atoms with van der Waals surface area (Å²) in [5.74, 6) is 0.587. The second kappa shape index (κ2) is 6.91. The molecule has 0 aliphatic heterocycles. The number of benzene rings is 2. The molecule has 3 rings (SSSR count). The Balaban J connectivity index is 1.97. The zero-order valence-corrected chi connectivity index (χ0v) is 12.2. The van der Waals surface area contributed by atoms with Gasteiger partial charge in [0.2, 0.25) is 5.88 Å². The van der Waals surface area contributed by atoms with Gasteiger partial charge in [-0.15, -0.1) is 5.10 Å². The maximum atomic E-state index is 8.91. The van der Waals surface area contributed by atoms with Crippen LogP contribution in [0.2, 0.25) is 0 Å². The first kappa shape index (κ1) is 14.4. The summed E-state index contributed by atoms with van der Waals surface area (Å²) < 4.78 is 7.56. The molecule has 2 aromatic carbocycles. The van der Waals surface area contributed by atoms with Crippen LogP contribution in [0.1, 0.15) is 6.42 Å². The van der Waals surface area contributed by atoms with Crippen LogP contribution in [-0.4, -0.2) is 28.1 Å². The monoisotopic (exact) mass is 294 g/mol. The molecule has 4 heteroatoms. The molecule has 3 aromatic rings. The summed E-state index contributed by atoms with van der Waals surface area (Å²) in [6, 6.07) is 20.0. The molecule has 0 unspecified atom stereocenters. The van der Waals surface area contributed by atoms with E-state index in [0.717, 1.165) is 16.8 Å². The van der Waals surface area contributed by atoms with Crippen molar-refractivity contribution in [2.24, 2.45) is 0 Å². The number of aromatic nitrogens is 2. The lowest BCUT2D eigenvalue weighted by atomic mass is 10.1. The first-order valence-corrected chi connectivity index (χ1v) is 7.32. The Kier molecular flexibility index (Phi) is 4.51. The zero-order valence-electron chi connectivity index (χ0n) is 12.2. The predicted octanol–water partition coefficient (Wildman–Crippen LogP) is 3.30. The molecule has 0 amide bonds. The highest BCUT2D eigenvalue weighted by atomic mass is 16.5. The minimum absolute atomic E-state index is 0.111. The summed E-state index contributed by atoms with van der Waals surface area (Å²) in [7, 11) is 0. The van der Waals surface area contributed by atoms with Gasteiger partial charge < -0.3 is 9.84 Å². The van der Waals surface area contributed by atoms with E-state index in [1.165, 1.54) is 0 Å². The van der Waals surface area contributed by atoms with E-state index in [4.69, 9.17) is 9.84 Å². The molecule has 22 heavy (non-hydrogen) atoms. The molecule has 1 aromatic heterocycles. The molecular weight excluding hydrogens is 276 g/mol. The number of rotatable bonds is 6. The molecule has 0 saturated carbocycles. The Hall–Kier alpha value is -2.59. The average molecular weight is 294 g/mol. The number of para-hydroxylation sites is 1. The van der Waals surface area contributed by atoms with Gasteiger partial charge in [-0.1, -0.05) is 48.5 Å². The number of aliphatic hydroxyl groups is 1. The number of hydrogen-bond donors (Lipinski definition) is 1. The van der Waals surface area contributed by atoms with Crippen molar-refractivity contribution in [1.82, 2.24) is 9.78 Å². The van der Waals surface area contributed by atoms with Gasteiger partial charge >= 0.3 is 0 Å². The molecule has 112 valence electrons. The summed E-state index contributed by atoms with van der Waals surface area (Å²) in [4.78, 5) is 0. The van der Waals surface area contributed by atoms with Crippen molar-refractivity contribution in [2.45, 2.75) is 6.42 Å². The van der Waals surface area contributed by atoms with Crippen molar-refractivity contribution in [2.75, 3.05) is 13.2 Å². The van der Waals surface area contributed by atoms with Crippen molar-refractivity contribution in [3.05, 3.63) is 66.9 Å². The van der Waals surface area contributed by atoms with Gasteiger partial charge in [-0.05, 0) is 17.7 Å². The van der Waals surface area contributed by atoms with Gasteiger partial charge in [-0.25, -0.2) is 4.68 Å². The van der Waals surface area contributed by atoms with Gasteiger partial charge in [-0.2, -0.15) is 0 Å². The van der Waals surface area contributed by atoms with Crippen LogP contribution in [0.5, 0.6) is 5.88 Å². The normalized spacial score (nSPS) is 10.6. The molecule has 0 fully saturated rings. The number of nitrogens with zero attached hydrogens (tertiary/aromatic N) is 2. The second-order valence-electron chi connectivity index (χ2n) is 4.92. The van der Waals surface area contributed by atoms with E-state index in [1.54, 1.807) is 0 Å². The standard InChI is InChI=1S/C18H18N2O2/c21-12-7-13-22-18-17(15-8-3-1-4-9-15)14-20(19-18)16-10-5-2-6-11-16/h1-6,8-11,14,21H,7,12-13H2. The highest BCUT2D eigenvalue weighted by molar-refractivity contribution is 5.68. The van der Waals surface area contributed by atoms with Crippen molar-refractivity contribution in [3.63, 3.8) is 0 Å². The molecule has 0 aliphatic rings. The van der Waals surface area contributed by atoms with Crippen molar-refractivity contribution < 1.29 is 9.84 Å². The molecule has 0 atom stereocenters. The van der Waals surface area contributed by atoms with E-state index in [2.05, 4.69) is 5.10 Å². The molecule has 1 heterocycles. The maximum absolute atomic E-state index is 8.91. The first-order chi connectivity index (χ1) is 10.9. The van der Waals surface area contributed by atoms with Crippen molar-refractivity contribution >= 4 is 0 Å². The molecular formula is C18H18N2O2. The van der Waals surface area contributed by atoms with Gasteiger partial charge in [-0.3, -0.25) is 0 Å². The molecule has 4 nitrogen and oxygen atoms in total. The topological polar surface area (TPSA) is 47.3 Å². The highest BCUT2D eigenvalue weighted by Crippen LogP contribution is 2.29. The zero-order chi connectivity index (χ0) is 15.2. The van der Waals surface area contributed by atoms with Gasteiger partial charge in [0.15, 0.2) is 0 Å².